The van der Waals surface area contributed by atoms with Crippen LogP contribution in [0.1, 0.15) is 32.3 Å². The van der Waals surface area contributed by atoms with Crippen molar-refractivity contribution in [1.29, 1.82) is 0 Å². The van der Waals surface area contributed by atoms with Gasteiger partial charge in [0, 0.05) is 12.1 Å². The molecule has 0 amide bonds. The van der Waals surface area contributed by atoms with Crippen molar-refractivity contribution in [3.63, 3.8) is 0 Å². The van der Waals surface area contributed by atoms with Crippen molar-refractivity contribution >= 4 is 9.84 Å². The number of ether oxygens (including phenoxy) is 1. The lowest BCUT2D eigenvalue weighted by atomic mass is 10.2. The van der Waals surface area contributed by atoms with E-state index in [9.17, 15) is 8.42 Å². The molecule has 0 saturated carbocycles. The number of sulfone groups is 1. The number of nitrogens with two attached hydrogens (primary N) is 1. The van der Waals surface area contributed by atoms with Gasteiger partial charge >= 0.3 is 0 Å². The Kier molecular flexibility index (Phi) is 6.31. The average Bonchev–Trinajstić information content (AvgIpc) is 2.43. The minimum absolute atomic E-state index is 0.173. The van der Waals surface area contributed by atoms with Gasteiger partial charge in [0.15, 0.2) is 9.84 Å². The maximum absolute atomic E-state index is 11.8. The highest BCUT2D eigenvalue weighted by Crippen LogP contribution is 2.17. The van der Waals surface area contributed by atoms with Gasteiger partial charge in [-0.25, -0.2) is 8.42 Å². The van der Waals surface area contributed by atoms with E-state index in [-0.39, 0.29) is 11.0 Å². The summed E-state index contributed by atoms with van der Waals surface area (Å²) in [6.45, 7) is 4.45. The number of para-hydroxylation sites is 1. The zero-order valence-electron chi connectivity index (χ0n) is 11.6. The summed E-state index contributed by atoms with van der Waals surface area (Å²) in [5, 5.41) is -0.274. The van der Waals surface area contributed by atoms with Crippen LogP contribution in [0.3, 0.4) is 0 Å². The van der Waals surface area contributed by atoms with Gasteiger partial charge in [-0.3, -0.25) is 0 Å². The van der Waals surface area contributed by atoms with Crippen LogP contribution in [0.2, 0.25) is 0 Å². The Morgan fingerprint density at radius 1 is 1.32 bits per heavy atom. The van der Waals surface area contributed by atoms with Gasteiger partial charge in [0.05, 0.1) is 17.6 Å². The maximum Gasteiger partial charge on any atom is 0.153 e. The maximum atomic E-state index is 11.8. The Labute approximate surface area is 115 Å². The molecule has 1 rings (SSSR count). The lowest BCUT2D eigenvalue weighted by Gasteiger charge is -2.12. The summed E-state index contributed by atoms with van der Waals surface area (Å²) < 4.78 is 29.2. The van der Waals surface area contributed by atoms with E-state index < -0.39 is 9.84 Å². The normalized spacial score (nSPS) is 13.2. The lowest BCUT2D eigenvalue weighted by Crippen LogP contribution is -2.21. The topological polar surface area (TPSA) is 69.4 Å². The number of benzene rings is 1. The molecule has 2 N–H and O–H groups in total. The van der Waals surface area contributed by atoms with E-state index in [1.54, 1.807) is 6.92 Å². The van der Waals surface area contributed by atoms with E-state index in [4.69, 9.17) is 10.5 Å². The molecule has 5 heteroatoms. The van der Waals surface area contributed by atoms with E-state index in [1.165, 1.54) is 0 Å². The minimum Gasteiger partial charge on any atom is -0.493 e. The van der Waals surface area contributed by atoms with Gasteiger partial charge in [-0.15, -0.1) is 0 Å². The van der Waals surface area contributed by atoms with Gasteiger partial charge in [0.25, 0.3) is 0 Å². The molecule has 19 heavy (non-hydrogen) atoms. The largest absolute Gasteiger partial charge is 0.493 e. The van der Waals surface area contributed by atoms with Crippen LogP contribution in [-0.4, -0.2) is 26.0 Å². The summed E-state index contributed by atoms with van der Waals surface area (Å²) in [5.41, 5.74) is 6.54. The monoisotopic (exact) mass is 285 g/mol. The van der Waals surface area contributed by atoms with E-state index >= 15 is 0 Å². The Bertz CT molecular complexity index is 485. The summed E-state index contributed by atoms with van der Waals surface area (Å²) in [6, 6.07) is 7.55. The van der Waals surface area contributed by atoms with Crippen molar-refractivity contribution < 1.29 is 13.2 Å². The fraction of sp³-hybridized carbons (Fsp3) is 0.571. The van der Waals surface area contributed by atoms with Crippen molar-refractivity contribution in [1.82, 2.24) is 0 Å². The van der Waals surface area contributed by atoms with Crippen LogP contribution in [0, 0.1) is 0 Å². The molecule has 108 valence electrons. The van der Waals surface area contributed by atoms with Crippen LogP contribution in [0.4, 0.5) is 0 Å². The zero-order valence-corrected chi connectivity index (χ0v) is 12.4. The fourth-order valence-electron chi connectivity index (χ4n) is 1.71. The molecule has 0 aliphatic carbocycles. The van der Waals surface area contributed by atoms with Gasteiger partial charge in [-0.1, -0.05) is 25.1 Å². The fourth-order valence-corrected chi connectivity index (χ4v) is 3.14. The van der Waals surface area contributed by atoms with E-state index in [2.05, 4.69) is 0 Å². The van der Waals surface area contributed by atoms with Crippen molar-refractivity contribution in [3.05, 3.63) is 29.8 Å². The summed E-state index contributed by atoms with van der Waals surface area (Å²) in [5.74, 6) is 0.915. The smallest absolute Gasteiger partial charge is 0.153 e. The lowest BCUT2D eigenvalue weighted by molar-refractivity contribution is 0.314. The van der Waals surface area contributed by atoms with Crippen LogP contribution < -0.4 is 10.5 Å². The van der Waals surface area contributed by atoms with Crippen molar-refractivity contribution in [3.8, 4) is 5.75 Å². The number of hydrogen-bond acceptors (Lipinski definition) is 4. The Morgan fingerprint density at radius 2 is 2.00 bits per heavy atom. The van der Waals surface area contributed by atoms with Gasteiger partial charge in [-0.05, 0) is 25.8 Å². The van der Waals surface area contributed by atoms with E-state index in [0.29, 0.717) is 26.0 Å². The number of rotatable bonds is 8. The zero-order chi connectivity index (χ0) is 14.3. The molecular weight excluding hydrogens is 262 g/mol. The Hall–Kier alpha value is -1.07. The first-order valence-corrected chi connectivity index (χ1v) is 8.35. The predicted molar refractivity (Wildman–Crippen MR) is 78.0 cm³/mol. The van der Waals surface area contributed by atoms with Crippen molar-refractivity contribution in [2.24, 2.45) is 5.73 Å². The third-order valence-electron chi connectivity index (χ3n) is 3.21. The van der Waals surface area contributed by atoms with Gasteiger partial charge in [0.2, 0.25) is 0 Å². The van der Waals surface area contributed by atoms with Crippen LogP contribution >= 0.6 is 0 Å². The first-order chi connectivity index (χ1) is 9.01. The molecule has 1 aromatic rings. The molecule has 1 atom stereocenters. The minimum atomic E-state index is -2.99. The predicted octanol–water partition coefficient (Wildman–Crippen LogP) is 2.13. The van der Waals surface area contributed by atoms with Crippen LogP contribution in [0.5, 0.6) is 5.75 Å². The second-order valence-corrected chi connectivity index (χ2v) is 7.14. The van der Waals surface area contributed by atoms with Gasteiger partial charge in [-0.2, -0.15) is 0 Å². The summed E-state index contributed by atoms with van der Waals surface area (Å²) in [6.07, 6.45) is 1.16. The van der Waals surface area contributed by atoms with Gasteiger partial charge < -0.3 is 10.5 Å². The SMILES string of the molecule is CCC(C)S(=O)(=O)CCCOc1ccccc1CN. The van der Waals surface area contributed by atoms with Crippen molar-refractivity contribution in [2.45, 2.75) is 38.5 Å². The third-order valence-corrected chi connectivity index (χ3v) is 5.63. The van der Waals surface area contributed by atoms with E-state index in [0.717, 1.165) is 11.3 Å². The van der Waals surface area contributed by atoms with Crippen LogP contribution in [-0.2, 0) is 16.4 Å². The average molecular weight is 285 g/mol. The molecule has 0 aromatic heterocycles. The third kappa shape index (κ3) is 4.84. The van der Waals surface area contributed by atoms with Crippen LogP contribution in [0.15, 0.2) is 24.3 Å². The van der Waals surface area contributed by atoms with Gasteiger partial charge in [0.1, 0.15) is 5.75 Å². The molecule has 0 radical (unpaired) electrons. The molecule has 0 heterocycles. The highest BCUT2D eigenvalue weighted by molar-refractivity contribution is 7.91. The summed E-state index contributed by atoms with van der Waals surface area (Å²) >= 11 is 0. The molecule has 0 saturated heterocycles. The first kappa shape index (κ1) is 16.0. The summed E-state index contributed by atoms with van der Waals surface area (Å²) in [7, 11) is -2.99. The Balaban J connectivity index is 2.43. The standard InChI is InChI=1S/C14H23NO3S/c1-3-12(2)19(16,17)10-6-9-18-14-8-5-4-7-13(14)11-15/h4-5,7-8,12H,3,6,9-11,15H2,1-2H3. The summed E-state index contributed by atoms with van der Waals surface area (Å²) in [4.78, 5) is 0. The van der Waals surface area contributed by atoms with Crippen molar-refractivity contribution in [2.75, 3.05) is 12.4 Å². The number of hydrogen-bond donors (Lipinski definition) is 1. The van der Waals surface area contributed by atoms with E-state index in [1.807, 2.05) is 31.2 Å². The first-order valence-electron chi connectivity index (χ1n) is 6.63. The molecule has 1 unspecified atom stereocenters. The Morgan fingerprint density at radius 3 is 2.63 bits per heavy atom. The molecule has 0 aliphatic rings. The molecule has 0 spiro atoms. The molecule has 4 nitrogen and oxygen atoms in total. The molecule has 0 bridgehead atoms. The molecule has 1 aromatic carbocycles. The second kappa shape index (κ2) is 7.50. The highest BCUT2D eigenvalue weighted by Gasteiger charge is 2.18. The molecular formula is C14H23NO3S. The quantitative estimate of drug-likeness (QED) is 0.743. The molecule has 0 fully saturated rings. The second-order valence-electron chi connectivity index (χ2n) is 4.60. The highest BCUT2D eigenvalue weighted by atomic mass is 32.2. The van der Waals surface area contributed by atoms with Crippen LogP contribution in [0.25, 0.3) is 0 Å². The molecule has 0 aliphatic heterocycles.